The van der Waals surface area contributed by atoms with Crippen LogP contribution in [-0.4, -0.2) is 34.9 Å². The fraction of sp³-hybridized carbons (Fsp3) is 0.481. The molecule has 5 heteroatoms. The molecule has 174 valence electrons. The molecule has 5 nitrogen and oxygen atoms in total. The van der Waals surface area contributed by atoms with Crippen LogP contribution in [0.5, 0.6) is 5.75 Å². The van der Waals surface area contributed by atoms with E-state index >= 15 is 0 Å². The van der Waals surface area contributed by atoms with Crippen LogP contribution in [0.4, 0.5) is 0 Å². The van der Waals surface area contributed by atoms with Gasteiger partial charge in [0.2, 0.25) is 5.91 Å². The van der Waals surface area contributed by atoms with Crippen molar-refractivity contribution in [3.63, 3.8) is 0 Å². The van der Waals surface area contributed by atoms with Gasteiger partial charge < -0.3 is 15.0 Å². The number of benzene rings is 2. The molecule has 2 rings (SSSR count). The summed E-state index contributed by atoms with van der Waals surface area (Å²) in [5.41, 5.74) is 4.98. The zero-order valence-electron chi connectivity index (χ0n) is 20.8. The van der Waals surface area contributed by atoms with Gasteiger partial charge in [0.05, 0.1) is 0 Å². The molecule has 32 heavy (non-hydrogen) atoms. The maximum Gasteiger partial charge on any atom is 0.261 e. The van der Waals surface area contributed by atoms with Gasteiger partial charge in [-0.1, -0.05) is 42.8 Å². The van der Waals surface area contributed by atoms with Gasteiger partial charge in [0.25, 0.3) is 5.91 Å². The van der Waals surface area contributed by atoms with Crippen LogP contribution in [-0.2, 0) is 16.1 Å². The summed E-state index contributed by atoms with van der Waals surface area (Å²) in [4.78, 5) is 28.1. The van der Waals surface area contributed by atoms with Crippen molar-refractivity contribution in [1.29, 1.82) is 0 Å². The molecule has 0 saturated heterocycles. The van der Waals surface area contributed by atoms with Gasteiger partial charge in [-0.05, 0) is 83.2 Å². The minimum absolute atomic E-state index is 0.116. The van der Waals surface area contributed by atoms with Crippen molar-refractivity contribution in [2.75, 3.05) is 6.61 Å². The van der Waals surface area contributed by atoms with Crippen molar-refractivity contribution >= 4 is 11.8 Å². The normalized spacial score (nSPS) is 12.2. The van der Waals surface area contributed by atoms with Gasteiger partial charge in [0, 0.05) is 12.1 Å². The second-order valence-electron chi connectivity index (χ2n) is 9.66. The maximum absolute atomic E-state index is 13.4. The van der Waals surface area contributed by atoms with E-state index in [1.807, 2.05) is 85.7 Å². The summed E-state index contributed by atoms with van der Waals surface area (Å²) in [7, 11) is 0. The van der Waals surface area contributed by atoms with Gasteiger partial charge in [-0.3, -0.25) is 9.59 Å². The van der Waals surface area contributed by atoms with Crippen LogP contribution in [0, 0.1) is 27.7 Å². The average molecular weight is 439 g/mol. The number of nitrogens with one attached hydrogen (secondary N) is 1. The molecule has 0 aliphatic rings. The van der Waals surface area contributed by atoms with E-state index in [1.54, 1.807) is 4.90 Å². The minimum Gasteiger partial charge on any atom is -0.483 e. The first-order valence-corrected chi connectivity index (χ1v) is 11.3. The zero-order chi connectivity index (χ0) is 24.1. The number of aryl methyl sites for hydroxylation is 3. The van der Waals surface area contributed by atoms with Crippen molar-refractivity contribution < 1.29 is 14.3 Å². The van der Waals surface area contributed by atoms with E-state index in [4.69, 9.17) is 4.74 Å². The molecular weight excluding hydrogens is 400 g/mol. The van der Waals surface area contributed by atoms with Crippen LogP contribution < -0.4 is 10.1 Å². The third kappa shape index (κ3) is 7.11. The fourth-order valence-corrected chi connectivity index (χ4v) is 3.64. The molecule has 0 aliphatic heterocycles. The topological polar surface area (TPSA) is 58.6 Å². The summed E-state index contributed by atoms with van der Waals surface area (Å²) in [6.07, 6.45) is 0.516. The van der Waals surface area contributed by atoms with Crippen LogP contribution in [0.25, 0.3) is 0 Å². The highest BCUT2D eigenvalue weighted by Crippen LogP contribution is 2.24. The van der Waals surface area contributed by atoms with E-state index in [1.165, 1.54) is 0 Å². The lowest BCUT2D eigenvalue weighted by Crippen LogP contribution is -2.54. The monoisotopic (exact) mass is 438 g/mol. The fourth-order valence-electron chi connectivity index (χ4n) is 3.64. The molecule has 1 N–H and O–H groups in total. The number of carbonyl (C=O) groups excluding carboxylic acids is 2. The van der Waals surface area contributed by atoms with Crippen LogP contribution in [0.3, 0.4) is 0 Å². The molecule has 0 saturated carbocycles. The van der Waals surface area contributed by atoms with Gasteiger partial charge in [-0.2, -0.15) is 0 Å². The van der Waals surface area contributed by atoms with Crippen molar-refractivity contribution in [3.8, 4) is 5.75 Å². The Bertz CT molecular complexity index is 943. The molecule has 0 aliphatic carbocycles. The van der Waals surface area contributed by atoms with Gasteiger partial charge in [-0.25, -0.2) is 0 Å². The molecule has 2 amide bonds. The van der Waals surface area contributed by atoms with Crippen molar-refractivity contribution in [2.45, 2.75) is 79.9 Å². The first kappa shape index (κ1) is 25.4. The first-order valence-electron chi connectivity index (χ1n) is 11.3. The standard InChI is InChI=1S/C27H38N2O3/c1-9-23(26(31)28-27(6,7)8)29(16-22-12-10-18(2)11-13-22)25(30)17-32-24-15-19(3)14-20(4)21(24)5/h10-15,23H,9,16-17H2,1-8H3,(H,28,31)/t23-/m0/s1. The van der Waals surface area contributed by atoms with Crippen LogP contribution in [0.2, 0.25) is 0 Å². The molecule has 0 heterocycles. The van der Waals surface area contributed by atoms with Gasteiger partial charge in [0.1, 0.15) is 11.8 Å². The summed E-state index contributed by atoms with van der Waals surface area (Å²) < 4.78 is 5.95. The van der Waals surface area contributed by atoms with E-state index in [0.717, 1.165) is 27.8 Å². The average Bonchev–Trinajstić information content (AvgIpc) is 2.69. The minimum atomic E-state index is -0.577. The number of amides is 2. The van der Waals surface area contributed by atoms with Gasteiger partial charge in [0.15, 0.2) is 6.61 Å². The summed E-state index contributed by atoms with van der Waals surface area (Å²) in [5.74, 6) is 0.349. The Labute approximate surface area is 193 Å². The number of hydrogen-bond acceptors (Lipinski definition) is 3. The Morgan fingerprint density at radius 1 is 1.00 bits per heavy atom. The summed E-state index contributed by atoms with van der Waals surface area (Å²) >= 11 is 0. The number of carbonyl (C=O) groups is 2. The summed E-state index contributed by atoms with van der Waals surface area (Å²) in [5, 5.41) is 3.02. The Hall–Kier alpha value is -2.82. The van der Waals surface area contributed by atoms with Crippen molar-refractivity contribution in [3.05, 3.63) is 64.2 Å². The highest BCUT2D eigenvalue weighted by atomic mass is 16.5. The lowest BCUT2D eigenvalue weighted by Gasteiger charge is -2.33. The van der Waals surface area contributed by atoms with Crippen LogP contribution >= 0.6 is 0 Å². The molecular formula is C27H38N2O3. The SMILES string of the molecule is CC[C@@H](C(=O)NC(C)(C)C)N(Cc1ccc(C)cc1)C(=O)COc1cc(C)cc(C)c1C. The molecule has 0 aromatic heterocycles. The Morgan fingerprint density at radius 2 is 1.62 bits per heavy atom. The quantitative estimate of drug-likeness (QED) is 0.629. The third-order valence-corrected chi connectivity index (χ3v) is 5.47. The van der Waals surface area contributed by atoms with Crippen LogP contribution in [0.15, 0.2) is 36.4 Å². The van der Waals surface area contributed by atoms with Gasteiger partial charge >= 0.3 is 0 Å². The predicted octanol–water partition coefficient (Wildman–Crippen LogP) is 5.02. The lowest BCUT2D eigenvalue weighted by molar-refractivity contribution is -0.143. The molecule has 0 fully saturated rings. The zero-order valence-corrected chi connectivity index (χ0v) is 20.8. The Balaban J connectivity index is 2.28. The van der Waals surface area contributed by atoms with Gasteiger partial charge in [-0.15, -0.1) is 0 Å². The summed E-state index contributed by atoms with van der Waals surface area (Å²) in [6, 6.07) is 11.5. The van der Waals surface area contributed by atoms with E-state index in [0.29, 0.717) is 18.7 Å². The number of ether oxygens (including phenoxy) is 1. The Kier molecular flexibility index (Phi) is 8.48. The summed E-state index contributed by atoms with van der Waals surface area (Å²) in [6.45, 7) is 16.0. The lowest BCUT2D eigenvalue weighted by atomic mass is 10.1. The van der Waals surface area contributed by atoms with E-state index in [2.05, 4.69) is 11.4 Å². The van der Waals surface area contributed by atoms with Crippen LogP contribution in [0.1, 0.15) is 61.9 Å². The molecule has 2 aromatic carbocycles. The predicted molar refractivity (Wildman–Crippen MR) is 130 cm³/mol. The highest BCUT2D eigenvalue weighted by Gasteiger charge is 2.31. The third-order valence-electron chi connectivity index (χ3n) is 5.47. The smallest absolute Gasteiger partial charge is 0.261 e. The van der Waals surface area contributed by atoms with Crippen molar-refractivity contribution in [2.24, 2.45) is 0 Å². The molecule has 0 bridgehead atoms. The molecule has 0 radical (unpaired) electrons. The number of rotatable bonds is 8. The second-order valence-corrected chi connectivity index (χ2v) is 9.66. The van der Waals surface area contributed by atoms with Crippen molar-refractivity contribution in [1.82, 2.24) is 10.2 Å². The highest BCUT2D eigenvalue weighted by molar-refractivity contribution is 5.88. The molecule has 1 atom stereocenters. The van der Waals surface area contributed by atoms with E-state index < -0.39 is 6.04 Å². The molecule has 2 aromatic rings. The van der Waals surface area contributed by atoms with E-state index in [-0.39, 0.29) is 24.0 Å². The molecule has 0 spiro atoms. The number of hydrogen-bond donors (Lipinski definition) is 1. The largest absolute Gasteiger partial charge is 0.483 e. The number of nitrogens with zero attached hydrogens (tertiary/aromatic N) is 1. The van der Waals surface area contributed by atoms with E-state index in [9.17, 15) is 9.59 Å². The first-order chi connectivity index (χ1) is 14.9. The second kappa shape index (κ2) is 10.7. The Morgan fingerprint density at radius 3 is 2.19 bits per heavy atom. The maximum atomic E-state index is 13.4. The molecule has 0 unspecified atom stereocenters.